The van der Waals surface area contributed by atoms with Crippen molar-refractivity contribution in [1.82, 2.24) is 66.6 Å². The first-order valence-corrected chi connectivity index (χ1v) is 26.8. The Morgan fingerprint density at radius 1 is 0.675 bits per heavy atom. The van der Waals surface area contributed by atoms with E-state index in [9.17, 15) is 70.7 Å². The van der Waals surface area contributed by atoms with Gasteiger partial charge in [0.25, 0.3) is 5.95 Å². The number of aromatic nitrogens is 7. The van der Waals surface area contributed by atoms with Gasteiger partial charge in [-0.25, -0.2) is 35.1 Å². The monoisotopic (exact) mass is 1180 g/mol. The van der Waals surface area contributed by atoms with Gasteiger partial charge in [0.05, 0.1) is 56.1 Å². The van der Waals surface area contributed by atoms with Crippen molar-refractivity contribution < 1.29 is 75.5 Å². The van der Waals surface area contributed by atoms with Gasteiger partial charge >= 0.3 is 12.4 Å². The summed E-state index contributed by atoms with van der Waals surface area (Å²) in [5, 5.41) is 37.4. The minimum atomic E-state index is -4.70. The van der Waals surface area contributed by atoms with Crippen LogP contribution >= 0.6 is 0 Å². The zero-order valence-corrected chi connectivity index (χ0v) is 46.0. The Morgan fingerprint density at radius 2 is 1.18 bits per heavy atom. The average molecular weight is 1180 g/mol. The molecule has 0 bridgehead atoms. The maximum Gasteiger partial charge on any atom is 0.433 e. The van der Waals surface area contributed by atoms with Crippen LogP contribution in [0.15, 0.2) is 36.5 Å². The van der Waals surface area contributed by atoms with Crippen molar-refractivity contribution in [3.05, 3.63) is 53.5 Å². The standard InChI is InChI=1S/C19H27F3N6O4.C17H24N6O3.C14H20F3N5O3/c20-19(21,22)15-10-16(27-5-7-32-8-6-27)24-18(23-15)26-25-17(30)14(11-28(31)12-29)9-13-3-1-2-4-13;1-3-4-5-8-13(10-23(26)11-24)16(25)20-22-17-18-15-12(2)7-6-9-14(15)19-21-17;1-2-3-4-5-10(8-22(25)9-23)12(24)20-21-13-18-7-6-11(19-13)14(15,16)17/h10,12-14,31H,1-9,11H2,(H,25,30)(H,23,24,26);6-7,9,11,13,26H,3-5,8,10H2,1-2H3,(H,20,25)(H,18,21,22);6-7,9-10,25H,2-5,8H2,1H3,(H,20,24)(H,18,19,21)/t14-;13-;10-/m111/s1. The fourth-order valence-electron chi connectivity index (χ4n) is 8.59. The van der Waals surface area contributed by atoms with Crippen molar-refractivity contribution in [3.63, 3.8) is 0 Å². The van der Waals surface area contributed by atoms with Gasteiger partial charge in [-0.1, -0.05) is 90.2 Å². The second-order valence-corrected chi connectivity index (χ2v) is 19.4. The molecule has 458 valence electrons. The number of ether oxygens (including phenoxy) is 1. The number of aryl methyl sites for hydroxylation is 1. The molecule has 0 spiro atoms. The van der Waals surface area contributed by atoms with Crippen molar-refractivity contribution in [1.29, 1.82) is 0 Å². The molecular weight excluding hydrogens is 1110 g/mol. The Labute approximate surface area is 473 Å². The van der Waals surface area contributed by atoms with Gasteiger partial charge < -0.3 is 9.64 Å². The van der Waals surface area contributed by atoms with Crippen LogP contribution < -0.4 is 37.5 Å². The number of fused-ring (bicyclic) bond motifs is 1. The molecule has 83 heavy (non-hydrogen) atoms. The summed E-state index contributed by atoms with van der Waals surface area (Å²) in [4.78, 5) is 89.5. The lowest BCUT2D eigenvalue weighted by Crippen LogP contribution is -2.41. The highest BCUT2D eigenvalue weighted by Crippen LogP contribution is 2.33. The van der Waals surface area contributed by atoms with E-state index in [1.165, 1.54) is 0 Å². The minimum Gasteiger partial charge on any atom is -0.378 e. The van der Waals surface area contributed by atoms with Gasteiger partial charge in [0.1, 0.15) is 17.0 Å². The number of halogens is 6. The molecule has 3 aromatic heterocycles. The van der Waals surface area contributed by atoms with E-state index >= 15 is 0 Å². The van der Waals surface area contributed by atoms with Crippen LogP contribution in [-0.2, 0) is 45.9 Å². The molecule has 2 aliphatic rings. The quantitative estimate of drug-likeness (QED) is 0.0105. The number of rotatable bonds is 29. The summed E-state index contributed by atoms with van der Waals surface area (Å²) >= 11 is 0. The maximum atomic E-state index is 13.3. The highest BCUT2D eigenvalue weighted by Gasteiger charge is 2.36. The number of hydrogen-bond acceptors (Lipinski definition) is 21. The molecule has 6 rings (SSSR count). The number of unbranched alkanes of at least 4 members (excludes halogenated alkanes) is 4. The molecule has 0 unspecified atom stereocenters. The van der Waals surface area contributed by atoms with E-state index in [0.717, 1.165) is 75.6 Å². The van der Waals surface area contributed by atoms with E-state index in [4.69, 9.17) is 4.74 Å². The lowest BCUT2D eigenvalue weighted by atomic mass is 9.92. The number of nitrogens with zero attached hydrogens (tertiary/aromatic N) is 11. The third-order valence-electron chi connectivity index (χ3n) is 13.0. The van der Waals surface area contributed by atoms with Crippen LogP contribution in [0, 0.1) is 30.6 Å². The summed E-state index contributed by atoms with van der Waals surface area (Å²) in [6.07, 6.45) is 2.92. The first-order chi connectivity index (χ1) is 39.6. The number of nitrogens with one attached hydrogen (secondary N) is 6. The summed E-state index contributed by atoms with van der Waals surface area (Å²) in [7, 11) is 0. The normalized spacial score (nSPS) is 14.5. The summed E-state index contributed by atoms with van der Waals surface area (Å²) in [5.41, 5.74) is 14.3. The number of carbonyl (C=O) groups excluding carboxylic acids is 6. The molecule has 4 heterocycles. The summed E-state index contributed by atoms with van der Waals surface area (Å²) in [6.45, 7) is 6.90. The lowest BCUT2D eigenvalue weighted by Gasteiger charge is -2.28. The molecule has 33 heteroatoms. The molecule has 9 N–H and O–H groups in total. The van der Waals surface area contributed by atoms with Gasteiger partial charge in [-0.3, -0.25) is 76.9 Å². The van der Waals surface area contributed by atoms with Gasteiger partial charge in [0, 0.05) is 25.4 Å². The lowest BCUT2D eigenvalue weighted by molar-refractivity contribution is -0.155. The number of anilines is 4. The second-order valence-electron chi connectivity index (χ2n) is 19.4. The highest BCUT2D eigenvalue weighted by atomic mass is 19.4. The molecular formula is C50H71F6N17O10. The minimum absolute atomic E-state index is 0.0670. The van der Waals surface area contributed by atoms with Crippen LogP contribution in [0.5, 0.6) is 0 Å². The summed E-state index contributed by atoms with van der Waals surface area (Å²) in [5.74, 6) is -3.87. The van der Waals surface area contributed by atoms with Crippen LogP contribution in [0.2, 0.25) is 0 Å². The molecule has 1 aromatic carbocycles. The van der Waals surface area contributed by atoms with Crippen molar-refractivity contribution >= 4 is 71.6 Å². The molecule has 2 fully saturated rings. The number of hydrogen-bond donors (Lipinski definition) is 9. The van der Waals surface area contributed by atoms with Crippen molar-refractivity contribution in [2.24, 2.45) is 23.7 Å². The van der Waals surface area contributed by atoms with E-state index in [-0.39, 0.29) is 62.5 Å². The first kappa shape index (κ1) is 67.6. The molecule has 1 saturated heterocycles. The van der Waals surface area contributed by atoms with Crippen LogP contribution in [-0.4, -0.2) is 149 Å². The molecule has 1 aliphatic heterocycles. The maximum absolute atomic E-state index is 13.3. The number of benzene rings is 1. The zero-order valence-electron chi connectivity index (χ0n) is 46.0. The van der Waals surface area contributed by atoms with Crippen molar-refractivity contribution in [2.75, 3.05) is 67.1 Å². The molecule has 0 radical (unpaired) electrons. The number of para-hydroxylation sites is 1. The molecule has 3 atom stereocenters. The third kappa shape index (κ3) is 23.8. The Morgan fingerprint density at radius 3 is 1.71 bits per heavy atom. The topological polar surface area (TPSA) is 348 Å². The van der Waals surface area contributed by atoms with Crippen LogP contribution in [0.4, 0.5) is 50.0 Å². The summed E-state index contributed by atoms with van der Waals surface area (Å²) < 4.78 is 83.0. The fraction of sp³-hybridized carbons (Fsp3) is 0.580. The number of amides is 6. The molecule has 1 aliphatic carbocycles. The predicted molar refractivity (Wildman–Crippen MR) is 283 cm³/mol. The fourth-order valence-corrected chi connectivity index (χ4v) is 8.59. The largest absolute Gasteiger partial charge is 0.433 e. The second kappa shape index (κ2) is 34.5. The predicted octanol–water partition coefficient (Wildman–Crippen LogP) is 5.62. The zero-order chi connectivity index (χ0) is 61.0. The van der Waals surface area contributed by atoms with Crippen molar-refractivity contribution in [3.8, 4) is 0 Å². The van der Waals surface area contributed by atoms with Gasteiger partial charge in [-0.15, -0.1) is 10.2 Å². The van der Waals surface area contributed by atoms with Gasteiger partial charge in [-0.05, 0) is 49.8 Å². The Balaban J connectivity index is 0.000000270. The molecule has 6 amide bonds. The van der Waals surface area contributed by atoms with Crippen molar-refractivity contribution in [2.45, 2.75) is 117 Å². The van der Waals surface area contributed by atoms with Gasteiger partial charge in [0.15, 0.2) is 5.69 Å². The van der Waals surface area contributed by atoms with Gasteiger partial charge in [-0.2, -0.15) is 31.3 Å². The third-order valence-corrected chi connectivity index (χ3v) is 13.0. The average Bonchev–Trinajstić information content (AvgIpc) is 4.18. The van der Waals surface area contributed by atoms with Crippen LogP contribution in [0.25, 0.3) is 11.0 Å². The van der Waals surface area contributed by atoms with E-state index in [0.29, 0.717) is 84.3 Å². The van der Waals surface area contributed by atoms with E-state index < -0.39 is 65.2 Å². The van der Waals surface area contributed by atoms with Gasteiger partial charge in [0.2, 0.25) is 48.8 Å². The number of alkyl halides is 6. The smallest absolute Gasteiger partial charge is 0.378 e. The first-order valence-electron chi connectivity index (χ1n) is 26.8. The number of carbonyl (C=O) groups is 6. The van der Waals surface area contributed by atoms with E-state index in [2.05, 4.69) is 74.6 Å². The van der Waals surface area contributed by atoms with Crippen LogP contribution in [0.1, 0.15) is 114 Å². The molecule has 1 saturated carbocycles. The number of hydroxylamine groups is 6. The highest BCUT2D eigenvalue weighted by molar-refractivity contribution is 5.82. The van der Waals surface area contributed by atoms with Crippen LogP contribution in [0.3, 0.4) is 0 Å². The van der Waals surface area contributed by atoms with E-state index in [1.807, 2.05) is 32.0 Å². The Kier molecular flexibility index (Phi) is 28.1. The number of morpholine rings is 1. The SMILES string of the molecule is CCCCC[C@H](CN(O)C=O)C(=O)NNc1nccc(C(F)(F)F)n1.CCCCC[C@H](CN(O)C=O)C(=O)NNc1nnc2cccc(C)c2n1.O=CN(O)C[C@@H](CC1CCCC1)C(=O)NNc1nc(N2CCOCC2)cc(C(F)(F)F)n1. The summed E-state index contributed by atoms with van der Waals surface area (Å²) in [6, 6.07) is 7.16. The molecule has 4 aromatic rings. The number of hydrazine groups is 3. The Hall–Kier alpha value is -7.91. The molecule has 27 nitrogen and oxygen atoms in total. The Bertz CT molecular complexity index is 2670. The van der Waals surface area contributed by atoms with E-state index in [1.54, 1.807) is 4.90 Å².